The van der Waals surface area contributed by atoms with Gasteiger partial charge in [0.2, 0.25) is 0 Å². The fraction of sp³-hybridized carbons (Fsp3) is 1.00. The Morgan fingerprint density at radius 3 is 1.12 bits per heavy atom. The summed E-state index contributed by atoms with van der Waals surface area (Å²) in [5.74, 6) is 0. The molecule has 4 nitrogen and oxygen atoms in total. The fourth-order valence-corrected chi connectivity index (χ4v) is 4.06. The van der Waals surface area contributed by atoms with Gasteiger partial charge in [0, 0.05) is 57.8 Å². The highest BCUT2D eigenvalue weighted by atomic mass is 31.1. The summed E-state index contributed by atoms with van der Waals surface area (Å²) in [6, 6.07) is 0. The second-order valence-corrected chi connectivity index (χ2v) is 8.84. The molecule has 0 aromatic rings. The number of rotatable bonds is 17. The van der Waals surface area contributed by atoms with E-state index in [0.717, 1.165) is 78.5 Å². The highest BCUT2D eigenvalue weighted by molar-refractivity contribution is 7.40. The molecule has 0 saturated heterocycles. The van der Waals surface area contributed by atoms with Gasteiger partial charge in [-0.1, -0.05) is 0 Å². The van der Waals surface area contributed by atoms with Crippen molar-refractivity contribution in [2.75, 3.05) is 52.9 Å². The van der Waals surface area contributed by atoms with Crippen molar-refractivity contribution in [2.45, 2.75) is 58.3 Å². The minimum Gasteiger partial charge on any atom is -0.382 e. The summed E-state index contributed by atoms with van der Waals surface area (Å²) in [6.07, 6.45) is 3.97. The maximum absolute atomic E-state index is 5.69. The van der Waals surface area contributed by atoms with Crippen LogP contribution in [0.25, 0.3) is 0 Å². The van der Waals surface area contributed by atoms with Crippen LogP contribution in [0.15, 0.2) is 0 Å². The minimum atomic E-state index is -0.0204. The summed E-state index contributed by atoms with van der Waals surface area (Å²) in [6.45, 7) is 14.3. The average molecular weight is 382 g/mol. The van der Waals surface area contributed by atoms with Crippen LogP contribution in [0.5, 0.6) is 0 Å². The van der Waals surface area contributed by atoms with E-state index < -0.39 is 0 Å². The Morgan fingerprint density at radius 1 is 0.542 bits per heavy atom. The van der Waals surface area contributed by atoms with Crippen molar-refractivity contribution in [3.05, 3.63) is 0 Å². The van der Waals surface area contributed by atoms with Crippen molar-refractivity contribution in [1.82, 2.24) is 0 Å². The quantitative estimate of drug-likeness (QED) is 0.280. The lowest BCUT2D eigenvalue weighted by molar-refractivity contribution is 0.0225. The van der Waals surface area contributed by atoms with Crippen LogP contribution in [-0.4, -0.2) is 57.8 Å². The van der Waals surface area contributed by atoms with Gasteiger partial charge >= 0.3 is 0 Å². The summed E-state index contributed by atoms with van der Waals surface area (Å²) >= 11 is 0. The van der Waals surface area contributed by atoms with Gasteiger partial charge in [-0.25, -0.2) is 0 Å². The van der Waals surface area contributed by atoms with Gasteiger partial charge in [0.25, 0.3) is 0 Å². The molecule has 6 heteroatoms. The molecule has 0 amide bonds. The van der Waals surface area contributed by atoms with Gasteiger partial charge in [-0.2, -0.15) is 0 Å². The molecule has 0 heterocycles. The van der Waals surface area contributed by atoms with E-state index in [1.54, 1.807) is 0 Å². The zero-order valence-corrected chi connectivity index (χ0v) is 18.6. The van der Waals surface area contributed by atoms with E-state index >= 15 is 0 Å². The van der Waals surface area contributed by atoms with Crippen molar-refractivity contribution in [3.63, 3.8) is 0 Å². The molecule has 24 heavy (non-hydrogen) atoms. The standard InChI is InChI=1S/C18H40O4P2/c1-5-19-13-9-17(10-14-20-6-2,11-15-21-7-3)18(23,24)12-16-22-8-4/h5-16,23-24H2,1-4H3. The Morgan fingerprint density at radius 2 is 0.833 bits per heavy atom. The van der Waals surface area contributed by atoms with E-state index in [9.17, 15) is 0 Å². The molecule has 0 aliphatic carbocycles. The van der Waals surface area contributed by atoms with Gasteiger partial charge in [-0.05, 0) is 58.8 Å². The Hall–Kier alpha value is 0.700. The minimum absolute atomic E-state index is 0.0204. The van der Waals surface area contributed by atoms with E-state index in [0.29, 0.717) is 0 Å². The summed E-state index contributed by atoms with van der Waals surface area (Å²) < 4.78 is 22.7. The molecule has 0 saturated carbocycles. The van der Waals surface area contributed by atoms with E-state index in [1.165, 1.54) is 0 Å². The van der Waals surface area contributed by atoms with Crippen LogP contribution >= 0.6 is 18.5 Å². The van der Waals surface area contributed by atoms with Crippen LogP contribution < -0.4 is 0 Å². The molecular formula is C18H40O4P2. The van der Waals surface area contributed by atoms with Gasteiger partial charge in [-0.3, -0.25) is 0 Å². The lowest BCUT2D eigenvalue weighted by atomic mass is 9.73. The first kappa shape index (κ1) is 24.7. The first-order chi connectivity index (χ1) is 11.5. The van der Waals surface area contributed by atoms with E-state index in [1.807, 2.05) is 27.7 Å². The monoisotopic (exact) mass is 382 g/mol. The topological polar surface area (TPSA) is 36.9 Å². The van der Waals surface area contributed by atoms with Crippen LogP contribution in [0, 0.1) is 5.41 Å². The Labute approximate surface area is 154 Å². The molecular weight excluding hydrogens is 342 g/mol. The first-order valence-corrected chi connectivity index (χ1v) is 10.5. The van der Waals surface area contributed by atoms with Crippen LogP contribution in [0.4, 0.5) is 0 Å². The largest absolute Gasteiger partial charge is 0.382 e. The van der Waals surface area contributed by atoms with Crippen molar-refractivity contribution >= 4 is 18.5 Å². The Balaban J connectivity index is 5.14. The molecule has 0 fully saturated rings. The summed E-state index contributed by atoms with van der Waals surface area (Å²) in [4.78, 5) is -0.0204. The number of hydrogen-bond acceptors (Lipinski definition) is 4. The molecule has 2 atom stereocenters. The maximum atomic E-state index is 5.69. The van der Waals surface area contributed by atoms with Gasteiger partial charge < -0.3 is 18.9 Å². The van der Waals surface area contributed by atoms with Crippen molar-refractivity contribution in [1.29, 1.82) is 0 Å². The SMILES string of the molecule is CCOCCC(P)(P)C(CCOCC)(CCOCC)CCOCC. The Kier molecular flexibility index (Phi) is 15.3. The molecule has 2 unspecified atom stereocenters. The van der Waals surface area contributed by atoms with Crippen LogP contribution in [0.1, 0.15) is 53.4 Å². The average Bonchev–Trinajstić information content (AvgIpc) is 2.55. The second-order valence-electron chi connectivity index (χ2n) is 6.11. The van der Waals surface area contributed by atoms with Crippen molar-refractivity contribution in [2.24, 2.45) is 5.41 Å². The molecule has 0 aromatic carbocycles. The summed E-state index contributed by atoms with van der Waals surface area (Å²) in [7, 11) is 6.16. The lowest BCUT2D eigenvalue weighted by Gasteiger charge is -2.47. The highest BCUT2D eigenvalue weighted by Gasteiger charge is 2.44. The normalized spacial score (nSPS) is 12.8. The zero-order valence-electron chi connectivity index (χ0n) is 16.3. The van der Waals surface area contributed by atoms with Gasteiger partial charge in [0.05, 0.1) is 0 Å². The Bertz CT molecular complexity index is 262. The predicted octanol–water partition coefficient (Wildman–Crippen LogP) is 4.13. The first-order valence-electron chi connectivity index (χ1n) is 9.38. The summed E-state index contributed by atoms with van der Waals surface area (Å²) in [5, 5.41) is 0. The fourth-order valence-electron chi connectivity index (χ4n) is 2.96. The maximum Gasteiger partial charge on any atom is 0.0477 e. The van der Waals surface area contributed by atoms with Crippen LogP contribution in [-0.2, 0) is 18.9 Å². The molecule has 0 aromatic heterocycles. The zero-order chi connectivity index (χ0) is 18.3. The van der Waals surface area contributed by atoms with Gasteiger partial charge in [-0.15, -0.1) is 18.5 Å². The molecule has 0 rings (SSSR count). The van der Waals surface area contributed by atoms with E-state index in [-0.39, 0.29) is 10.3 Å². The molecule has 0 radical (unpaired) electrons. The lowest BCUT2D eigenvalue weighted by Crippen LogP contribution is -2.42. The smallest absolute Gasteiger partial charge is 0.0477 e. The summed E-state index contributed by atoms with van der Waals surface area (Å²) in [5.41, 5.74) is 0.0684. The number of hydrogen-bond donors (Lipinski definition) is 0. The van der Waals surface area contributed by atoms with E-state index in [4.69, 9.17) is 18.9 Å². The third-order valence-electron chi connectivity index (χ3n) is 4.64. The molecule has 0 N–H and O–H groups in total. The molecule has 0 spiro atoms. The van der Waals surface area contributed by atoms with Crippen LogP contribution in [0.2, 0.25) is 0 Å². The molecule has 146 valence electrons. The molecule has 0 aliphatic rings. The molecule has 0 aliphatic heterocycles. The predicted molar refractivity (Wildman–Crippen MR) is 109 cm³/mol. The second kappa shape index (κ2) is 14.8. The van der Waals surface area contributed by atoms with Crippen molar-refractivity contribution in [3.8, 4) is 0 Å². The van der Waals surface area contributed by atoms with Crippen molar-refractivity contribution < 1.29 is 18.9 Å². The highest BCUT2D eigenvalue weighted by Crippen LogP contribution is 2.54. The third-order valence-corrected chi connectivity index (χ3v) is 6.44. The van der Waals surface area contributed by atoms with Gasteiger partial charge in [0.1, 0.15) is 0 Å². The van der Waals surface area contributed by atoms with Crippen LogP contribution in [0.3, 0.4) is 0 Å². The molecule has 0 bridgehead atoms. The number of ether oxygens (including phenoxy) is 4. The van der Waals surface area contributed by atoms with Gasteiger partial charge in [0.15, 0.2) is 0 Å². The van der Waals surface area contributed by atoms with E-state index in [2.05, 4.69) is 18.5 Å². The third kappa shape index (κ3) is 9.41.